The topological polar surface area (TPSA) is 12.0 Å². The summed E-state index contributed by atoms with van der Waals surface area (Å²) in [5.41, 5.74) is 14.2. The Hall–Kier alpha value is -2.28. The second kappa shape index (κ2) is 15.1. The van der Waals surface area contributed by atoms with Gasteiger partial charge in [0.15, 0.2) is 0 Å². The Morgan fingerprint density at radius 1 is 0.778 bits per heavy atom. The number of hydrogen-bond acceptors (Lipinski definition) is 1. The van der Waals surface area contributed by atoms with E-state index in [-0.39, 0.29) is 0 Å². The van der Waals surface area contributed by atoms with Gasteiger partial charge in [-0.15, -0.1) is 0 Å². The van der Waals surface area contributed by atoms with Gasteiger partial charge < -0.3 is 5.32 Å². The number of fused-ring (bicyclic) bond motifs is 1. The van der Waals surface area contributed by atoms with E-state index in [2.05, 4.69) is 61.0 Å². The summed E-state index contributed by atoms with van der Waals surface area (Å²) in [6.45, 7) is 2.37. The summed E-state index contributed by atoms with van der Waals surface area (Å²) in [7, 11) is 0. The monoisotopic (exact) mass is 603 g/mol. The Balaban J connectivity index is 1.07. The highest BCUT2D eigenvalue weighted by atomic mass is 14.9. The van der Waals surface area contributed by atoms with E-state index in [0.29, 0.717) is 6.04 Å². The largest absolute Gasteiger partial charge is 0.388 e. The van der Waals surface area contributed by atoms with E-state index in [1.54, 1.807) is 33.4 Å². The van der Waals surface area contributed by atoms with Crippen LogP contribution < -0.4 is 5.32 Å². The van der Waals surface area contributed by atoms with Crippen molar-refractivity contribution < 1.29 is 0 Å². The van der Waals surface area contributed by atoms with E-state index in [1.807, 2.05) is 11.1 Å². The van der Waals surface area contributed by atoms with Gasteiger partial charge in [0.2, 0.25) is 0 Å². The van der Waals surface area contributed by atoms with Crippen LogP contribution in [0.3, 0.4) is 0 Å². The van der Waals surface area contributed by atoms with Crippen LogP contribution in [0, 0.1) is 23.7 Å². The van der Waals surface area contributed by atoms with Crippen LogP contribution in [0.25, 0.3) is 0 Å². The molecule has 0 saturated heterocycles. The maximum absolute atomic E-state index is 3.52. The van der Waals surface area contributed by atoms with Crippen LogP contribution in [0.15, 0.2) is 93.3 Å². The first-order chi connectivity index (χ1) is 22.3. The van der Waals surface area contributed by atoms with Gasteiger partial charge >= 0.3 is 0 Å². The fourth-order valence-electron chi connectivity index (χ4n) is 10.7. The summed E-state index contributed by atoms with van der Waals surface area (Å²) in [6, 6.07) is 0.671. The summed E-state index contributed by atoms with van der Waals surface area (Å²) in [6.07, 6.45) is 49.1. The highest BCUT2D eigenvalue weighted by Crippen LogP contribution is 2.52. The Kier molecular flexibility index (Phi) is 10.5. The molecule has 1 heterocycles. The molecule has 0 saturated carbocycles. The minimum atomic E-state index is 0.671. The SMILES string of the molecule is CCC/C(=C\CCCC1CC=CN1)C1=C2CCC=CC2=C(C2=CCC(C3CCC(C4CC=CCC4)C4=C3CCCC4)CC2)CC1. The Morgan fingerprint density at radius 3 is 2.33 bits per heavy atom. The molecule has 7 aliphatic rings. The molecule has 1 heteroatoms. The predicted molar refractivity (Wildman–Crippen MR) is 193 cm³/mol. The molecule has 0 bridgehead atoms. The van der Waals surface area contributed by atoms with Crippen molar-refractivity contribution in [3.8, 4) is 0 Å². The van der Waals surface area contributed by atoms with Crippen molar-refractivity contribution in [2.75, 3.05) is 0 Å². The summed E-state index contributed by atoms with van der Waals surface area (Å²) >= 11 is 0. The van der Waals surface area contributed by atoms with Crippen molar-refractivity contribution in [2.24, 2.45) is 23.7 Å². The molecule has 0 radical (unpaired) electrons. The lowest BCUT2D eigenvalue weighted by atomic mass is 9.61. The van der Waals surface area contributed by atoms with E-state index < -0.39 is 0 Å². The standard InChI is InChI=1S/C44H61N/c1-2-13-32(16-6-7-17-36-18-12-31-45-36)37-27-29-39(43-21-10-8-19-41(37)43)34-23-25-35(26-24-34)40-30-28-38(33-14-4-3-5-15-33)42-20-9-11-22-44(40)42/h3-4,10,12,16,21,23,31,33,35-36,38,40,45H,2,5-9,11,13-15,17-20,22,24-30H2,1H3/b32-16+. The van der Waals surface area contributed by atoms with Gasteiger partial charge in [0.05, 0.1) is 0 Å². The third kappa shape index (κ3) is 7.04. The highest BCUT2D eigenvalue weighted by molar-refractivity contribution is 5.60. The lowest BCUT2D eigenvalue weighted by Crippen LogP contribution is -2.31. The number of nitrogens with one attached hydrogen (secondary N) is 1. The fourth-order valence-corrected chi connectivity index (χ4v) is 10.7. The smallest absolute Gasteiger partial charge is 0.0290 e. The summed E-state index contributed by atoms with van der Waals surface area (Å²) in [5.74, 6) is 3.62. The zero-order valence-electron chi connectivity index (χ0n) is 28.6. The molecular formula is C44H61N. The Labute approximate surface area is 275 Å². The first kappa shape index (κ1) is 31.3. The van der Waals surface area contributed by atoms with Gasteiger partial charge in [-0.05, 0) is 198 Å². The minimum absolute atomic E-state index is 0.671. The zero-order chi connectivity index (χ0) is 30.4. The molecule has 0 amide bonds. The summed E-state index contributed by atoms with van der Waals surface area (Å²) in [4.78, 5) is 0. The number of allylic oxidation sites excluding steroid dienone is 14. The second-order valence-corrected chi connectivity index (χ2v) is 15.6. The van der Waals surface area contributed by atoms with Crippen molar-refractivity contribution in [2.45, 2.75) is 154 Å². The minimum Gasteiger partial charge on any atom is -0.388 e. The van der Waals surface area contributed by atoms with Gasteiger partial charge in [-0.2, -0.15) is 0 Å². The lowest BCUT2D eigenvalue weighted by molar-refractivity contribution is 0.226. The van der Waals surface area contributed by atoms with Crippen LogP contribution in [0.2, 0.25) is 0 Å². The average molecular weight is 604 g/mol. The van der Waals surface area contributed by atoms with Gasteiger partial charge in [-0.3, -0.25) is 0 Å². The van der Waals surface area contributed by atoms with Crippen LogP contribution in [0.4, 0.5) is 0 Å². The van der Waals surface area contributed by atoms with E-state index in [0.717, 1.165) is 23.7 Å². The first-order valence-corrected chi connectivity index (χ1v) is 19.6. The van der Waals surface area contributed by atoms with Gasteiger partial charge in [0.25, 0.3) is 0 Å². The van der Waals surface area contributed by atoms with Gasteiger partial charge in [-0.1, -0.05) is 67.0 Å². The molecule has 5 unspecified atom stereocenters. The quantitative estimate of drug-likeness (QED) is 0.193. The molecule has 7 rings (SSSR count). The van der Waals surface area contributed by atoms with Crippen molar-refractivity contribution in [3.05, 3.63) is 93.3 Å². The average Bonchev–Trinajstić information content (AvgIpc) is 3.63. The highest BCUT2D eigenvalue weighted by Gasteiger charge is 2.38. The van der Waals surface area contributed by atoms with Crippen molar-refractivity contribution in [1.29, 1.82) is 0 Å². The summed E-state index contributed by atoms with van der Waals surface area (Å²) in [5, 5.41) is 3.52. The molecule has 0 aromatic carbocycles. The molecule has 5 atom stereocenters. The molecule has 242 valence electrons. The first-order valence-electron chi connectivity index (χ1n) is 19.6. The molecule has 0 aromatic rings. The molecule has 6 aliphatic carbocycles. The van der Waals surface area contributed by atoms with Gasteiger partial charge in [0, 0.05) is 6.04 Å². The van der Waals surface area contributed by atoms with Crippen LogP contribution in [-0.4, -0.2) is 6.04 Å². The number of hydrogen-bond donors (Lipinski definition) is 1. The molecule has 1 N–H and O–H groups in total. The van der Waals surface area contributed by atoms with Crippen molar-refractivity contribution in [1.82, 2.24) is 5.32 Å². The second-order valence-electron chi connectivity index (χ2n) is 15.6. The molecule has 0 aromatic heterocycles. The lowest BCUT2D eigenvalue weighted by Gasteiger charge is -2.44. The molecule has 45 heavy (non-hydrogen) atoms. The van der Waals surface area contributed by atoms with Crippen LogP contribution in [0.1, 0.15) is 148 Å². The van der Waals surface area contributed by atoms with Gasteiger partial charge in [-0.25, -0.2) is 0 Å². The molecule has 0 spiro atoms. The maximum atomic E-state index is 3.52. The van der Waals surface area contributed by atoms with E-state index in [1.165, 1.54) is 141 Å². The summed E-state index contributed by atoms with van der Waals surface area (Å²) < 4.78 is 0. The van der Waals surface area contributed by atoms with Crippen LogP contribution in [0.5, 0.6) is 0 Å². The molecular weight excluding hydrogens is 542 g/mol. The molecule has 1 aliphatic heterocycles. The molecule has 1 nitrogen and oxygen atoms in total. The van der Waals surface area contributed by atoms with Crippen molar-refractivity contribution >= 4 is 0 Å². The number of rotatable bonds is 10. The predicted octanol–water partition coefficient (Wildman–Crippen LogP) is 12.5. The third-order valence-corrected chi connectivity index (χ3v) is 12.9. The van der Waals surface area contributed by atoms with Crippen LogP contribution in [-0.2, 0) is 0 Å². The molecule has 0 fully saturated rings. The zero-order valence-corrected chi connectivity index (χ0v) is 28.6. The van der Waals surface area contributed by atoms with Crippen molar-refractivity contribution in [3.63, 3.8) is 0 Å². The number of unbranched alkanes of at least 4 members (excludes halogenated alkanes) is 1. The fraction of sp³-hybridized carbons (Fsp3) is 0.636. The van der Waals surface area contributed by atoms with E-state index in [4.69, 9.17) is 0 Å². The Bertz CT molecular complexity index is 1310. The van der Waals surface area contributed by atoms with Gasteiger partial charge in [0.1, 0.15) is 0 Å². The Morgan fingerprint density at radius 2 is 1.62 bits per heavy atom. The van der Waals surface area contributed by atoms with E-state index in [9.17, 15) is 0 Å². The van der Waals surface area contributed by atoms with E-state index >= 15 is 0 Å². The van der Waals surface area contributed by atoms with Crippen LogP contribution >= 0.6 is 0 Å². The third-order valence-electron chi connectivity index (χ3n) is 12.9. The normalized spacial score (nSPS) is 32.1. The maximum Gasteiger partial charge on any atom is 0.0290 e.